The molecule has 1 aliphatic rings. The van der Waals surface area contributed by atoms with Crippen LogP contribution in [0.5, 0.6) is 0 Å². The fourth-order valence-electron chi connectivity index (χ4n) is 3.71. The Morgan fingerprint density at radius 3 is 2.42 bits per heavy atom. The van der Waals surface area contributed by atoms with Crippen LogP contribution in [0.3, 0.4) is 0 Å². The molecular weight excluding hydrogens is 230 g/mol. The lowest BCUT2D eigenvalue weighted by molar-refractivity contribution is 0.174. The van der Waals surface area contributed by atoms with Gasteiger partial charge in [-0.15, -0.1) is 0 Å². The smallest absolute Gasteiger partial charge is 0.0348 e. The monoisotopic (exact) mass is 259 g/mol. The van der Waals surface area contributed by atoms with Crippen LogP contribution in [-0.2, 0) is 0 Å². The van der Waals surface area contributed by atoms with Gasteiger partial charge in [-0.3, -0.25) is 0 Å². The standard InChI is InChI=1S/C18H29N/c1-12-6-9-17(15(4)10-12)18(19-5)16-8-7-13(2)14(3)11-16/h6,9-10,13-14,16,18-19H,7-8,11H2,1-5H3. The van der Waals surface area contributed by atoms with E-state index < -0.39 is 0 Å². The first-order valence-electron chi connectivity index (χ1n) is 7.77. The zero-order valence-electron chi connectivity index (χ0n) is 13.2. The van der Waals surface area contributed by atoms with Gasteiger partial charge < -0.3 is 5.32 Å². The second-order valence-electron chi connectivity index (χ2n) is 6.65. The molecule has 1 nitrogen and oxygen atoms in total. The minimum absolute atomic E-state index is 0.524. The lowest BCUT2D eigenvalue weighted by atomic mass is 9.71. The van der Waals surface area contributed by atoms with Crippen molar-refractivity contribution in [3.8, 4) is 0 Å². The van der Waals surface area contributed by atoms with Crippen molar-refractivity contribution in [3.05, 3.63) is 34.9 Å². The van der Waals surface area contributed by atoms with Crippen LogP contribution in [0.2, 0.25) is 0 Å². The molecule has 0 radical (unpaired) electrons. The summed E-state index contributed by atoms with van der Waals surface area (Å²) in [6, 6.07) is 7.42. The summed E-state index contributed by atoms with van der Waals surface area (Å²) in [7, 11) is 2.12. The first kappa shape index (κ1) is 14.6. The minimum Gasteiger partial charge on any atom is -0.313 e. The third-order valence-corrected chi connectivity index (χ3v) is 5.18. The Kier molecular flexibility index (Phi) is 4.67. The van der Waals surface area contributed by atoms with Gasteiger partial charge >= 0.3 is 0 Å². The van der Waals surface area contributed by atoms with Gasteiger partial charge in [0.15, 0.2) is 0 Å². The van der Waals surface area contributed by atoms with Gasteiger partial charge in [-0.1, -0.05) is 44.0 Å². The molecule has 4 atom stereocenters. The predicted molar refractivity (Wildman–Crippen MR) is 83.4 cm³/mol. The van der Waals surface area contributed by atoms with Crippen molar-refractivity contribution in [1.82, 2.24) is 5.32 Å². The fraction of sp³-hybridized carbons (Fsp3) is 0.667. The second kappa shape index (κ2) is 6.09. The van der Waals surface area contributed by atoms with Gasteiger partial charge in [0.1, 0.15) is 0 Å². The predicted octanol–water partition coefficient (Wildman–Crippen LogP) is 4.64. The Hall–Kier alpha value is -0.820. The Morgan fingerprint density at radius 1 is 1.11 bits per heavy atom. The van der Waals surface area contributed by atoms with Crippen molar-refractivity contribution in [2.24, 2.45) is 17.8 Å². The first-order valence-corrected chi connectivity index (χ1v) is 7.77. The number of nitrogens with one attached hydrogen (secondary N) is 1. The molecular formula is C18H29N. The highest BCUT2D eigenvalue weighted by atomic mass is 14.9. The van der Waals surface area contributed by atoms with Gasteiger partial charge in [-0.25, -0.2) is 0 Å². The Bertz CT molecular complexity index is 424. The quantitative estimate of drug-likeness (QED) is 0.834. The van der Waals surface area contributed by atoms with E-state index in [2.05, 4.69) is 58.3 Å². The third-order valence-electron chi connectivity index (χ3n) is 5.18. The molecule has 0 amide bonds. The van der Waals surface area contributed by atoms with E-state index in [1.807, 2.05) is 0 Å². The van der Waals surface area contributed by atoms with Gasteiger partial charge in [0.25, 0.3) is 0 Å². The van der Waals surface area contributed by atoms with Crippen molar-refractivity contribution < 1.29 is 0 Å². The zero-order valence-corrected chi connectivity index (χ0v) is 13.2. The lowest BCUT2D eigenvalue weighted by Crippen LogP contribution is -2.31. The zero-order chi connectivity index (χ0) is 14.0. The summed E-state index contributed by atoms with van der Waals surface area (Å²) in [5.74, 6) is 2.55. The van der Waals surface area contributed by atoms with Crippen LogP contribution in [0.25, 0.3) is 0 Å². The van der Waals surface area contributed by atoms with Crippen LogP contribution in [0.1, 0.15) is 55.8 Å². The first-order chi connectivity index (χ1) is 9.02. The van der Waals surface area contributed by atoms with E-state index in [4.69, 9.17) is 0 Å². The molecule has 1 saturated carbocycles. The molecule has 0 heterocycles. The second-order valence-corrected chi connectivity index (χ2v) is 6.65. The summed E-state index contributed by atoms with van der Waals surface area (Å²) in [4.78, 5) is 0. The van der Waals surface area contributed by atoms with Gasteiger partial charge in [0.05, 0.1) is 0 Å². The van der Waals surface area contributed by atoms with Crippen molar-refractivity contribution >= 4 is 0 Å². The summed E-state index contributed by atoms with van der Waals surface area (Å²) in [5.41, 5.74) is 4.30. The summed E-state index contributed by atoms with van der Waals surface area (Å²) in [5, 5.41) is 3.58. The molecule has 19 heavy (non-hydrogen) atoms. The molecule has 1 N–H and O–H groups in total. The van der Waals surface area contributed by atoms with E-state index in [1.54, 1.807) is 0 Å². The van der Waals surface area contributed by atoms with E-state index >= 15 is 0 Å². The topological polar surface area (TPSA) is 12.0 Å². The van der Waals surface area contributed by atoms with E-state index in [0.29, 0.717) is 6.04 Å². The fourth-order valence-corrected chi connectivity index (χ4v) is 3.71. The molecule has 0 bridgehead atoms. The molecule has 0 aliphatic heterocycles. The summed E-state index contributed by atoms with van der Waals surface area (Å²) in [6.07, 6.45) is 4.11. The molecule has 1 aromatic rings. The molecule has 0 saturated heterocycles. The highest BCUT2D eigenvalue weighted by Gasteiger charge is 2.30. The summed E-state index contributed by atoms with van der Waals surface area (Å²) < 4.78 is 0. The molecule has 4 unspecified atom stereocenters. The molecule has 106 valence electrons. The SMILES string of the molecule is CNC(c1ccc(C)cc1C)C1CCC(C)C(C)C1. The highest BCUT2D eigenvalue weighted by Crippen LogP contribution is 2.40. The normalized spacial score (nSPS) is 29.2. The highest BCUT2D eigenvalue weighted by molar-refractivity contribution is 5.33. The maximum absolute atomic E-state index is 3.58. The van der Waals surface area contributed by atoms with Crippen LogP contribution in [0, 0.1) is 31.6 Å². The Labute approximate surface area is 118 Å². The van der Waals surface area contributed by atoms with Gasteiger partial charge in [0, 0.05) is 6.04 Å². The number of benzene rings is 1. The lowest BCUT2D eigenvalue weighted by Gasteiger charge is -2.37. The van der Waals surface area contributed by atoms with Gasteiger partial charge in [-0.2, -0.15) is 0 Å². The average Bonchev–Trinajstić information content (AvgIpc) is 2.37. The number of aryl methyl sites for hydroxylation is 2. The van der Waals surface area contributed by atoms with Crippen molar-refractivity contribution in [2.75, 3.05) is 7.05 Å². The minimum atomic E-state index is 0.524. The van der Waals surface area contributed by atoms with Crippen LogP contribution in [-0.4, -0.2) is 7.05 Å². The van der Waals surface area contributed by atoms with Crippen molar-refractivity contribution in [2.45, 2.75) is 53.0 Å². The maximum Gasteiger partial charge on any atom is 0.0348 e. The third kappa shape index (κ3) is 3.20. The Morgan fingerprint density at radius 2 is 1.84 bits per heavy atom. The maximum atomic E-state index is 3.58. The number of hydrogen-bond donors (Lipinski definition) is 1. The van der Waals surface area contributed by atoms with E-state index in [0.717, 1.165) is 17.8 Å². The van der Waals surface area contributed by atoms with Crippen LogP contribution >= 0.6 is 0 Å². The molecule has 2 rings (SSSR count). The number of rotatable bonds is 3. The summed E-state index contributed by atoms with van der Waals surface area (Å²) >= 11 is 0. The van der Waals surface area contributed by atoms with Crippen LogP contribution < -0.4 is 5.32 Å². The molecule has 1 fully saturated rings. The largest absolute Gasteiger partial charge is 0.313 e. The number of hydrogen-bond acceptors (Lipinski definition) is 1. The average molecular weight is 259 g/mol. The van der Waals surface area contributed by atoms with Crippen molar-refractivity contribution in [1.29, 1.82) is 0 Å². The molecule has 1 aliphatic carbocycles. The summed E-state index contributed by atoms with van der Waals surface area (Å²) in [6.45, 7) is 9.26. The Balaban J connectivity index is 2.20. The van der Waals surface area contributed by atoms with Gasteiger partial charge in [-0.05, 0) is 62.6 Å². The molecule has 0 aromatic heterocycles. The van der Waals surface area contributed by atoms with Gasteiger partial charge in [0.2, 0.25) is 0 Å². The molecule has 1 aromatic carbocycles. The van der Waals surface area contributed by atoms with E-state index in [9.17, 15) is 0 Å². The van der Waals surface area contributed by atoms with Crippen LogP contribution in [0.4, 0.5) is 0 Å². The van der Waals surface area contributed by atoms with Crippen LogP contribution in [0.15, 0.2) is 18.2 Å². The van der Waals surface area contributed by atoms with Crippen molar-refractivity contribution in [3.63, 3.8) is 0 Å². The van der Waals surface area contributed by atoms with E-state index in [1.165, 1.54) is 36.0 Å². The molecule has 1 heteroatoms. The van der Waals surface area contributed by atoms with E-state index in [-0.39, 0.29) is 0 Å². The molecule has 0 spiro atoms.